The van der Waals surface area contributed by atoms with E-state index in [-0.39, 0.29) is 5.56 Å². The SMILES string of the molecule is Cc1[nH]ncc1-c1cc2nc(CN3CCC(C#N)(c4ccccc4)CC3)[nH]c(=O)c2s1. The van der Waals surface area contributed by atoms with Crippen molar-refractivity contribution in [2.24, 2.45) is 0 Å². The van der Waals surface area contributed by atoms with Crippen LogP contribution in [0.4, 0.5) is 0 Å². The summed E-state index contributed by atoms with van der Waals surface area (Å²) in [5.41, 5.74) is 3.22. The van der Waals surface area contributed by atoms with Crippen molar-refractivity contribution < 1.29 is 0 Å². The maximum absolute atomic E-state index is 12.7. The molecule has 0 aliphatic carbocycles. The molecule has 31 heavy (non-hydrogen) atoms. The van der Waals surface area contributed by atoms with Crippen molar-refractivity contribution in [2.75, 3.05) is 13.1 Å². The molecule has 0 unspecified atom stereocenters. The summed E-state index contributed by atoms with van der Waals surface area (Å²) in [7, 11) is 0. The summed E-state index contributed by atoms with van der Waals surface area (Å²) in [6.07, 6.45) is 3.31. The minimum Gasteiger partial charge on any atom is -0.308 e. The molecule has 4 heterocycles. The van der Waals surface area contributed by atoms with Crippen molar-refractivity contribution >= 4 is 21.6 Å². The number of likely N-dealkylation sites (tertiary alicyclic amines) is 1. The number of aromatic nitrogens is 4. The number of rotatable bonds is 4. The Morgan fingerprint density at radius 3 is 2.71 bits per heavy atom. The monoisotopic (exact) mass is 430 g/mol. The first-order valence-electron chi connectivity index (χ1n) is 10.3. The lowest BCUT2D eigenvalue weighted by molar-refractivity contribution is 0.175. The fourth-order valence-electron chi connectivity index (χ4n) is 4.32. The van der Waals surface area contributed by atoms with Crippen LogP contribution in [0.2, 0.25) is 0 Å². The molecular weight excluding hydrogens is 408 g/mol. The van der Waals surface area contributed by atoms with Crippen LogP contribution in [0.15, 0.2) is 47.4 Å². The maximum atomic E-state index is 12.7. The summed E-state index contributed by atoms with van der Waals surface area (Å²) in [5, 5.41) is 16.9. The zero-order valence-corrected chi connectivity index (χ0v) is 18.0. The number of fused-ring (bicyclic) bond motifs is 1. The highest BCUT2D eigenvalue weighted by molar-refractivity contribution is 7.22. The van der Waals surface area contributed by atoms with Gasteiger partial charge in [0.25, 0.3) is 5.56 Å². The van der Waals surface area contributed by atoms with E-state index in [0.29, 0.717) is 22.6 Å². The number of nitriles is 1. The number of hydrogen-bond donors (Lipinski definition) is 2. The maximum Gasteiger partial charge on any atom is 0.268 e. The normalized spacial score (nSPS) is 16.4. The number of H-pyrrole nitrogens is 2. The van der Waals surface area contributed by atoms with E-state index in [1.165, 1.54) is 11.3 Å². The molecule has 156 valence electrons. The second kappa shape index (κ2) is 7.76. The summed E-state index contributed by atoms with van der Waals surface area (Å²) in [4.78, 5) is 23.6. The van der Waals surface area contributed by atoms with Gasteiger partial charge in [-0.25, -0.2) is 4.98 Å². The Morgan fingerprint density at radius 1 is 1.26 bits per heavy atom. The van der Waals surface area contributed by atoms with Gasteiger partial charge in [-0.15, -0.1) is 11.3 Å². The first-order chi connectivity index (χ1) is 15.1. The molecule has 1 aliphatic rings. The van der Waals surface area contributed by atoms with Gasteiger partial charge in [0.05, 0.1) is 29.7 Å². The molecule has 5 rings (SSSR count). The molecule has 4 aromatic rings. The molecule has 3 aromatic heterocycles. The van der Waals surface area contributed by atoms with Crippen LogP contribution in [0.25, 0.3) is 20.7 Å². The Labute approximate surface area is 183 Å². The van der Waals surface area contributed by atoms with Gasteiger partial charge < -0.3 is 4.98 Å². The minimum absolute atomic E-state index is 0.106. The van der Waals surface area contributed by atoms with Gasteiger partial charge in [0.2, 0.25) is 0 Å². The minimum atomic E-state index is -0.437. The zero-order chi connectivity index (χ0) is 21.4. The molecular formula is C23H22N6OS. The van der Waals surface area contributed by atoms with Crippen LogP contribution < -0.4 is 5.56 Å². The summed E-state index contributed by atoms with van der Waals surface area (Å²) in [5.74, 6) is 0.662. The number of aromatic amines is 2. The third-order valence-corrected chi connectivity index (χ3v) is 7.31. The fraction of sp³-hybridized carbons (Fsp3) is 0.304. The van der Waals surface area contributed by atoms with E-state index >= 15 is 0 Å². The van der Waals surface area contributed by atoms with Gasteiger partial charge >= 0.3 is 0 Å². The molecule has 1 saturated heterocycles. The van der Waals surface area contributed by atoms with Gasteiger partial charge in [0, 0.05) is 29.2 Å². The highest BCUT2D eigenvalue weighted by Crippen LogP contribution is 2.35. The van der Waals surface area contributed by atoms with Crippen LogP contribution in [0, 0.1) is 18.3 Å². The fourth-order valence-corrected chi connectivity index (χ4v) is 5.38. The lowest BCUT2D eigenvalue weighted by Gasteiger charge is -2.37. The molecule has 8 heteroatoms. The number of piperidine rings is 1. The summed E-state index contributed by atoms with van der Waals surface area (Å²) in [6.45, 7) is 4.10. The van der Waals surface area contributed by atoms with Gasteiger partial charge in [0.1, 0.15) is 10.5 Å². The predicted molar refractivity (Wildman–Crippen MR) is 121 cm³/mol. The number of nitrogens with zero attached hydrogens (tertiary/aromatic N) is 4. The average Bonchev–Trinajstić information content (AvgIpc) is 3.41. The van der Waals surface area contributed by atoms with E-state index in [1.54, 1.807) is 6.20 Å². The second-order valence-corrected chi connectivity index (χ2v) is 9.13. The number of hydrogen-bond acceptors (Lipinski definition) is 6. The second-order valence-electron chi connectivity index (χ2n) is 8.08. The Morgan fingerprint density at radius 2 is 2.03 bits per heavy atom. The van der Waals surface area contributed by atoms with E-state index in [0.717, 1.165) is 47.6 Å². The van der Waals surface area contributed by atoms with E-state index < -0.39 is 5.41 Å². The molecule has 0 saturated carbocycles. The summed E-state index contributed by atoms with van der Waals surface area (Å²) >= 11 is 1.44. The van der Waals surface area contributed by atoms with Crippen molar-refractivity contribution in [1.29, 1.82) is 5.26 Å². The predicted octanol–water partition coefficient (Wildman–Crippen LogP) is 3.74. The van der Waals surface area contributed by atoms with Crippen LogP contribution in [0.3, 0.4) is 0 Å². The Hall–Kier alpha value is -3.28. The zero-order valence-electron chi connectivity index (χ0n) is 17.2. The van der Waals surface area contributed by atoms with E-state index in [9.17, 15) is 10.1 Å². The Kier molecular flexibility index (Phi) is 4.93. The van der Waals surface area contributed by atoms with Gasteiger partial charge in [-0.2, -0.15) is 10.4 Å². The molecule has 0 amide bonds. The van der Waals surface area contributed by atoms with Crippen molar-refractivity contribution in [3.8, 4) is 16.5 Å². The Balaban J connectivity index is 1.35. The van der Waals surface area contributed by atoms with Crippen LogP contribution >= 0.6 is 11.3 Å². The van der Waals surface area contributed by atoms with Gasteiger partial charge in [-0.05, 0) is 31.4 Å². The molecule has 1 aromatic carbocycles. The molecule has 7 nitrogen and oxygen atoms in total. The number of thiophene rings is 1. The third kappa shape index (κ3) is 3.56. The van der Waals surface area contributed by atoms with Crippen LogP contribution in [0.5, 0.6) is 0 Å². The average molecular weight is 431 g/mol. The number of aryl methyl sites for hydroxylation is 1. The summed E-state index contributed by atoms with van der Waals surface area (Å²) in [6, 6.07) is 14.6. The van der Waals surface area contributed by atoms with Crippen LogP contribution in [0.1, 0.15) is 29.9 Å². The smallest absolute Gasteiger partial charge is 0.268 e. The summed E-state index contributed by atoms with van der Waals surface area (Å²) < 4.78 is 0.630. The number of nitrogens with one attached hydrogen (secondary N) is 2. The van der Waals surface area contributed by atoms with E-state index in [4.69, 9.17) is 4.98 Å². The van der Waals surface area contributed by atoms with Crippen molar-refractivity contribution in [2.45, 2.75) is 31.7 Å². The molecule has 1 aliphatic heterocycles. The van der Waals surface area contributed by atoms with Gasteiger partial charge in [-0.1, -0.05) is 30.3 Å². The molecule has 0 spiro atoms. The highest BCUT2D eigenvalue weighted by Gasteiger charge is 2.36. The standard InChI is InChI=1S/C23H22N6OS/c1-15-17(12-25-28-15)19-11-18-21(31-19)22(30)27-20(26-18)13-29-9-7-23(14-24,8-10-29)16-5-3-2-4-6-16/h2-6,11-12H,7-10,13H2,1H3,(H,25,28)(H,26,27,30). The Bertz CT molecular complexity index is 1320. The van der Waals surface area contributed by atoms with E-state index in [1.807, 2.05) is 43.3 Å². The highest BCUT2D eigenvalue weighted by atomic mass is 32.1. The van der Waals surface area contributed by atoms with Gasteiger partial charge in [0.15, 0.2) is 0 Å². The van der Waals surface area contributed by atoms with Crippen molar-refractivity contribution in [1.82, 2.24) is 25.1 Å². The van der Waals surface area contributed by atoms with Crippen LogP contribution in [-0.4, -0.2) is 38.2 Å². The first kappa shape index (κ1) is 19.7. The molecule has 0 radical (unpaired) electrons. The van der Waals surface area contributed by atoms with E-state index in [2.05, 4.69) is 26.2 Å². The molecule has 0 atom stereocenters. The first-order valence-corrected chi connectivity index (χ1v) is 11.1. The quantitative estimate of drug-likeness (QED) is 0.514. The number of benzene rings is 1. The van der Waals surface area contributed by atoms with Gasteiger partial charge in [-0.3, -0.25) is 14.8 Å². The molecule has 2 N–H and O–H groups in total. The van der Waals surface area contributed by atoms with Crippen LogP contribution in [-0.2, 0) is 12.0 Å². The molecule has 0 bridgehead atoms. The van der Waals surface area contributed by atoms with Crippen molar-refractivity contribution in [3.63, 3.8) is 0 Å². The third-order valence-electron chi connectivity index (χ3n) is 6.15. The topological polar surface area (TPSA) is 101 Å². The lowest BCUT2D eigenvalue weighted by Crippen LogP contribution is -2.41. The van der Waals surface area contributed by atoms with Crippen molar-refractivity contribution in [3.05, 3.63) is 70.0 Å². The lowest BCUT2D eigenvalue weighted by atomic mass is 9.74. The molecule has 1 fully saturated rings. The largest absolute Gasteiger partial charge is 0.308 e.